The van der Waals surface area contributed by atoms with Gasteiger partial charge in [-0.25, -0.2) is 0 Å². The highest BCUT2D eigenvalue weighted by atomic mass is 16.2. The summed E-state index contributed by atoms with van der Waals surface area (Å²) in [5.41, 5.74) is 3.39. The van der Waals surface area contributed by atoms with Crippen LogP contribution in [0.3, 0.4) is 0 Å². The molecule has 21 heavy (non-hydrogen) atoms. The third-order valence-electron chi connectivity index (χ3n) is 4.06. The number of nitrogens with zero attached hydrogens (tertiary/aromatic N) is 1. The predicted molar refractivity (Wildman–Crippen MR) is 82.2 cm³/mol. The molecule has 0 bridgehead atoms. The Morgan fingerprint density at radius 3 is 2.67 bits per heavy atom. The van der Waals surface area contributed by atoms with Crippen molar-refractivity contribution < 1.29 is 9.59 Å². The smallest absolute Gasteiger partial charge is 0.251 e. The number of rotatable bonds is 3. The molecule has 0 spiro atoms. The molecule has 2 aliphatic heterocycles. The van der Waals surface area contributed by atoms with Crippen LogP contribution < -0.4 is 15.5 Å². The van der Waals surface area contributed by atoms with E-state index in [1.54, 1.807) is 4.90 Å². The van der Waals surface area contributed by atoms with Gasteiger partial charge in [0, 0.05) is 31.6 Å². The minimum atomic E-state index is -0.0920. The molecule has 2 heterocycles. The number of carbonyl (C=O) groups is 2. The van der Waals surface area contributed by atoms with Gasteiger partial charge in [0.05, 0.1) is 11.4 Å². The number of anilines is 2. The van der Waals surface area contributed by atoms with E-state index in [-0.39, 0.29) is 11.8 Å². The van der Waals surface area contributed by atoms with Crippen molar-refractivity contribution in [1.82, 2.24) is 5.32 Å². The normalized spacial score (nSPS) is 17.7. The molecule has 3 rings (SSSR count). The highest BCUT2D eigenvalue weighted by Crippen LogP contribution is 2.29. The van der Waals surface area contributed by atoms with Crippen LogP contribution in [0.15, 0.2) is 35.4 Å². The van der Waals surface area contributed by atoms with Gasteiger partial charge in [-0.2, -0.15) is 0 Å². The molecule has 0 radical (unpaired) electrons. The number of hydrogen-bond donors (Lipinski definition) is 2. The van der Waals surface area contributed by atoms with Gasteiger partial charge < -0.3 is 15.5 Å². The quantitative estimate of drug-likeness (QED) is 0.831. The number of benzene rings is 1. The summed E-state index contributed by atoms with van der Waals surface area (Å²) in [5.74, 6) is 0.0283. The van der Waals surface area contributed by atoms with E-state index in [1.807, 2.05) is 31.2 Å². The lowest BCUT2D eigenvalue weighted by molar-refractivity contribution is -0.117. The fourth-order valence-corrected chi connectivity index (χ4v) is 2.61. The highest BCUT2D eigenvalue weighted by molar-refractivity contribution is 6.07. The minimum absolute atomic E-state index is 0.0920. The molecule has 5 heteroatoms. The molecule has 0 saturated carbocycles. The number of nitrogens with one attached hydrogen (secondary N) is 2. The summed E-state index contributed by atoms with van der Waals surface area (Å²) in [5, 5.41) is 6.07. The maximum Gasteiger partial charge on any atom is 0.251 e. The van der Waals surface area contributed by atoms with E-state index in [0.717, 1.165) is 42.9 Å². The van der Waals surface area contributed by atoms with Gasteiger partial charge in [-0.15, -0.1) is 0 Å². The van der Waals surface area contributed by atoms with Crippen molar-refractivity contribution >= 4 is 23.2 Å². The minimum Gasteiger partial charge on any atom is -0.320 e. The third kappa shape index (κ3) is 2.69. The summed E-state index contributed by atoms with van der Waals surface area (Å²) < 4.78 is 0. The molecule has 2 fully saturated rings. The Kier molecular flexibility index (Phi) is 3.75. The third-order valence-corrected chi connectivity index (χ3v) is 4.06. The van der Waals surface area contributed by atoms with Crippen LogP contribution in [0, 0.1) is 0 Å². The molecule has 1 aromatic carbocycles. The monoisotopic (exact) mass is 285 g/mol. The van der Waals surface area contributed by atoms with Crippen molar-refractivity contribution in [2.75, 3.05) is 29.9 Å². The van der Waals surface area contributed by atoms with Crippen LogP contribution in [-0.2, 0) is 9.59 Å². The van der Waals surface area contributed by atoms with Crippen LogP contribution in [0.2, 0.25) is 0 Å². The summed E-state index contributed by atoms with van der Waals surface area (Å²) in [6, 6.07) is 7.48. The van der Waals surface area contributed by atoms with Crippen LogP contribution in [0.25, 0.3) is 0 Å². The van der Waals surface area contributed by atoms with Crippen molar-refractivity contribution in [2.45, 2.75) is 19.8 Å². The predicted octanol–water partition coefficient (Wildman–Crippen LogP) is 1.67. The van der Waals surface area contributed by atoms with Gasteiger partial charge in [0.25, 0.3) is 5.91 Å². The zero-order chi connectivity index (χ0) is 14.8. The van der Waals surface area contributed by atoms with Crippen LogP contribution in [0.1, 0.15) is 19.8 Å². The number of para-hydroxylation sites is 2. The Morgan fingerprint density at radius 1 is 1.29 bits per heavy atom. The van der Waals surface area contributed by atoms with Crippen molar-refractivity contribution in [3.05, 3.63) is 35.4 Å². The Labute approximate surface area is 124 Å². The summed E-state index contributed by atoms with van der Waals surface area (Å²) in [7, 11) is 0. The first-order valence-corrected chi connectivity index (χ1v) is 7.27. The van der Waals surface area contributed by atoms with E-state index in [9.17, 15) is 9.59 Å². The molecule has 2 N–H and O–H groups in total. The molecule has 110 valence electrons. The van der Waals surface area contributed by atoms with E-state index in [2.05, 4.69) is 10.6 Å². The van der Waals surface area contributed by atoms with Gasteiger partial charge in [0.1, 0.15) is 0 Å². The lowest BCUT2D eigenvalue weighted by Crippen LogP contribution is -2.36. The summed E-state index contributed by atoms with van der Waals surface area (Å²) in [4.78, 5) is 26.0. The molecular formula is C16H19N3O2. The summed E-state index contributed by atoms with van der Waals surface area (Å²) in [6.07, 6.45) is 1.45. The van der Waals surface area contributed by atoms with Crippen LogP contribution >= 0.6 is 0 Å². The van der Waals surface area contributed by atoms with Gasteiger partial charge in [-0.05, 0) is 31.1 Å². The molecule has 5 nitrogen and oxygen atoms in total. The van der Waals surface area contributed by atoms with Crippen LogP contribution in [0.4, 0.5) is 11.4 Å². The lowest BCUT2D eigenvalue weighted by atomic mass is 10.0. The number of amides is 2. The molecule has 0 atom stereocenters. The van der Waals surface area contributed by atoms with E-state index in [0.29, 0.717) is 12.1 Å². The van der Waals surface area contributed by atoms with E-state index < -0.39 is 0 Å². The number of carbonyl (C=O) groups excluding carboxylic acids is 2. The molecule has 1 aromatic rings. The molecule has 0 aliphatic carbocycles. The van der Waals surface area contributed by atoms with Gasteiger partial charge in [0.2, 0.25) is 5.91 Å². The first-order valence-electron chi connectivity index (χ1n) is 7.27. The van der Waals surface area contributed by atoms with Crippen molar-refractivity contribution in [3.8, 4) is 0 Å². The average molecular weight is 285 g/mol. The maximum absolute atomic E-state index is 12.3. The largest absolute Gasteiger partial charge is 0.320 e. The van der Waals surface area contributed by atoms with Gasteiger partial charge in [-0.3, -0.25) is 9.59 Å². The van der Waals surface area contributed by atoms with Crippen molar-refractivity contribution in [2.24, 2.45) is 0 Å². The topological polar surface area (TPSA) is 61.4 Å². The fourth-order valence-electron chi connectivity index (χ4n) is 2.61. The molecule has 2 saturated heterocycles. The van der Waals surface area contributed by atoms with Gasteiger partial charge in [-0.1, -0.05) is 12.1 Å². The zero-order valence-electron chi connectivity index (χ0n) is 12.1. The van der Waals surface area contributed by atoms with Crippen LogP contribution in [0.5, 0.6) is 0 Å². The maximum atomic E-state index is 12.3. The Morgan fingerprint density at radius 2 is 2.05 bits per heavy atom. The lowest BCUT2D eigenvalue weighted by Gasteiger charge is -2.23. The summed E-state index contributed by atoms with van der Waals surface area (Å²) >= 11 is 0. The first-order chi connectivity index (χ1) is 10.2. The Balaban J connectivity index is 1.82. The van der Waals surface area contributed by atoms with Gasteiger partial charge >= 0.3 is 0 Å². The Hall–Kier alpha value is -2.14. The van der Waals surface area contributed by atoms with Crippen molar-refractivity contribution in [3.63, 3.8) is 0 Å². The molecule has 0 aromatic heterocycles. The molecule has 2 amide bonds. The molecule has 0 unspecified atom stereocenters. The standard InChI is InChI=1S/C16H19N3O2/c1-11(12-9-17-10-12)16(21)18-13-5-2-3-6-14(13)19-8-4-7-15(19)20/h2-3,5-6,17H,4,7-10H2,1H3,(H,18,21). The number of hydrogen-bond acceptors (Lipinski definition) is 3. The second kappa shape index (κ2) is 5.69. The summed E-state index contributed by atoms with van der Waals surface area (Å²) in [6.45, 7) is 4.13. The van der Waals surface area contributed by atoms with E-state index in [4.69, 9.17) is 0 Å². The highest BCUT2D eigenvalue weighted by Gasteiger charge is 2.24. The Bertz CT molecular complexity index is 616. The van der Waals surface area contributed by atoms with Crippen molar-refractivity contribution in [1.29, 1.82) is 0 Å². The molecule has 2 aliphatic rings. The fraction of sp³-hybridized carbons (Fsp3) is 0.375. The second-order valence-electron chi connectivity index (χ2n) is 5.45. The SMILES string of the molecule is CC(C(=O)Nc1ccccc1N1CCCC1=O)=C1CNC1. The van der Waals surface area contributed by atoms with Gasteiger partial charge in [0.15, 0.2) is 0 Å². The van der Waals surface area contributed by atoms with Crippen LogP contribution in [-0.4, -0.2) is 31.4 Å². The van der Waals surface area contributed by atoms with E-state index >= 15 is 0 Å². The second-order valence-corrected chi connectivity index (χ2v) is 5.45. The first kappa shape index (κ1) is 13.8. The average Bonchev–Trinajstić information content (AvgIpc) is 2.83. The zero-order valence-corrected chi connectivity index (χ0v) is 12.1. The van der Waals surface area contributed by atoms with E-state index in [1.165, 1.54) is 0 Å². The molecular weight excluding hydrogens is 266 g/mol.